The summed E-state index contributed by atoms with van der Waals surface area (Å²) in [5.41, 5.74) is -1.85. The Balaban J connectivity index is 2.36. The van der Waals surface area contributed by atoms with Crippen LogP contribution in [-0.2, 0) is 17.5 Å². The van der Waals surface area contributed by atoms with Gasteiger partial charge in [-0.1, -0.05) is 6.07 Å². The second-order valence-corrected chi connectivity index (χ2v) is 6.82. The normalized spacial score (nSPS) is 12.0. The summed E-state index contributed by atoms with van der Waals surface area (Å²) in [7, 11) is 1.53. The van der Waals surface area contributed by atoms with Crippen LogP contribution in [0.4, 0.5) is 13.2 Å². The van der Waals surface area contributed by atoms with Crippen LogP contribution >= 0.6 is 23.6 Å². The maximum absolute atomic E-state index is 13.6. The molecule has 0 saturated carbocycles. The highest BCUT2D eigenvalue weighted by Crippen LogP contribution is 2.36. The van der Waals surface area contributed by atoms with Gasteiger partial charge >= 0.3 is 6.18 Å². The summed E-state index contributed by atoms with van der Waals surface area (Å²) >= 11 is 6.41. The van der Waals surface area contributed by atoms with Crippen LogP contribution in [0, 0.1) is 4.77 Å². The number of fused-ring (bicyclic) bond motifs is 1. The van der Waals surface area contributed by atoms with Gasteiger partial charge in [-0.15, -0.1) is 11.3 Å². The quantitative estimate of drug-likeness (QED) is 0.513. The number of rotatable bonds is 5. The molecule has 0 radical (unpaired) electrons. The predicted molar refractivity (Wildman–Crippen MR) is 96.0 cm³/mol. The molecule has 0 fully saturated rings. The molecule has 0 unspecified atom stereocenters. The van der Waals surface area contributed by atoms with Crippen LogP contribution in [0.1, 0.15) is 12.0 Å². The minimum Gasteiger partial charge on any atom is -0.385 e. The summed E-state index contributed by atoms with van der Waals surface area (Å²) < 4.78 is 47.3. The van der Waals surface area contributed by atoms with E-state index in [1.54, 1.807) is 17.5 Å². The van der Waals surface area contributed by atoms with Crippen molar-refractivity contribution in [2.24, 2.45) is 0 Å². The lowest BCUT2D eigenvalue weighted by molar-refractivity contribution is -0.136. The molecule has 0 aliphatic carbocycles. The molecule has 0 spiro atoms. The Bertz CT molecular complexity index is 1040. The highest BCUT2D eigenvalue weighted by atomic mass is 32.1. The van der Waals surface area contributed by atoms with Gasteiger partial charge < -0.3 is 9.30 Å². The van der Waals surface area contributed by atoms with Crippen LogP contribution < -0.4 is 5.56 Å². The van der Waals surface area contributed by atoms with Gasteiger partial charge in [-0.25, -0.2) is 4.98 Å². The summed E-state index contributed by atoms with van der Waals surface area (Å²) in [5.74, 6) is 0. The van der Waals surface area contributed by atoms with Gasteiger partial charge in [0, 0.05) is 20.3 Å². The maximum atomic E-state index is 13.6. The molecule has 3 aromatic rings. The fourth-order valence-corrected chi connectivity index (χ4v) is 3.58. The molecule has 0 atom stereocenters. The number of nitrogens with zero attached hydrogens (tertiary/aromatic N) is 2. The molecule has 1 N–H and O–H groups in total. The van der Waals surface area contributed by atoms with Gasteiger partial charge in [0.2, 0.25) is 0 Å². The molecule has 0 aliphatic rings. The third-order valence-electron chi connectivity index (χ3n) is 3.76. The number of H-pyrrole nitrogens is 1. The number of pyridine rings is 1. The molecule has 3 heterocycles. The van der Waals surface area contributed by atoms with Crippen molar-refractivity contribution in [1.29, 1.82) is 0 Å². The number of thiophene rings is 1. The maximum Gasteiger partial charge on any atom is 0.417 e. The Morgan fingerprint density at radius 2 is 2.19 bits per heavy atom. The molecular formula is C16H14F3N3O2S2. The summed E-state index contributed by atoms with van der Waals surface area (Å²) in [6, 6.07) is 4.31. The van der Waals surface area contributed by atoms with Crippen LogP contribution in [0.15, 0.2) is 28.4 Å². The molecule has 0 aromatic carbocycles. The number of hydrogen-bond acceptors (Lipinski definition) is 5. The van der Waals surface area contributed by atoms with E-state index in [2.05, 4.69) is 9.97 Å². The fraction of sp³-hybridized carbons (Fsp3) is 0.312. The topological polar surface area (TPSA) is 59.9 Å². The molecule has 3 rings (SSSR count). The minimum absolute atomic E-state index is 0.0301. The molecule has 0 amide bonds. The van der Waals surface area contributed by atoms with Crippen LogP contribution in [0.5, 0.6) is 0 Å². The van der Waals surface area contributed by atoms with Gasteiger partial charge in [0.1, 0.15) is 5.65 Å². The average Bonchev–Trinajstić information content (AvgIpc) is 3.10. The lowest BCUT2D eigenvalue weighted by Crippen LogP contribution is -2.21. The van der Waals surface area contributed by atoms with E-state index in [0.29, 0.717) is 17.9 Å². The number of methoxy groups -OCH3 is 1. The van der Waals surface area contributed by atoms with Crippen molar-refractivity contribution in [1.82, 2.24) is 14.5 Å². The van der Waals surface area contributed by atoms with Crippen LogP contribution in [0.25, 0.3) is 21.6 Å². The van der Waals surface area contributed by atoms with Crippen molar-refractivity contribution < 1.29 is 17.9 Å². The number of ether oxygens (including phenoxy) is 1. The van der Waals surface area contributed by atoms with E-state index >= 15 is 0 Å². The molecule has 3 aromatic heterocycles. The smallest absolute Gasteiger partial charge is 0.385 e. The molecule has 5 nitrogen and oxygen atoms in total. The van der Waals surface area contributed by atoms with E-state index in [1.807, 2.05) is 0 Å². The molecule has 0 aliphatic heterocycles. The van der Waals surface area contributed by atoms with Crippen molar-refractivity contribution in [3.63, 3.8) is 0 Å². The zero-order chi connectivity index (χ0) is 18.9. The SMILES string of the molecule is COCCCn1c(=S)[nH]c(=O)c2c(C(F)(F)F)cc(-c3cccs3)nc21. The van der Waals surface area contributed by atoms with Crippen LogP contribution in [0.2, 0.25) is 0 Å². The Labute approximate surface area is 155 Å². The third-order valence-corrected chi connectivity index (χ3v) is 4.97. The van der Waals surface area contributed by atoms with Gasteiger partial charge in [0.25, 0.3) is 5.56 Å². The third kappa shape index (κ3) is 3.57. The van der Waals surface area contributed by atoms with E-state index in [4.69, 9.17) is 17.0 Å². The second-order valence-electron chi connectivity index (χ2n) is 5.49. The largest absolute Gasteiger partial charge is 0.417 e. The molecule has 0 bridgehead atoms. The Morgan fingerprint density at radius 3 is 2.81 bits per heavy atom. The van der Waals surface area contributed by atoms with Crippen molar-refractivity contribution in [2.75, 3.05) is 13.7 Å². The minimum atomic E-state index is -4.70. The highest BCUT2D eigenvalue weighted by Gasteiger charge is 2.35. The number of hydrogen-bond donors (Lipinski definition) is 1. The number of aromatic nitrogens is 3. The van der Waals surface area contributed by atoms with E-state index in [1.165, 1.54) is 23.0 Å². The van der Waals surface area contributed by atoms with E-state index in [-0.39, 0.29) is 22.7 Å². The number of aromatic amines is 1. The molecule has 26 heavy (non-hydrogen) atoms. The number of nitrogens with one attached hydrogen (secondary N) is 1. The lowest BCUT2D eigenvalue weighted by atomic mass is 10.1. The summed E-state index contributed by atoms with van der Waals surface area (Å²) in [6.07, 6.45) is -4.19. The molecular weight excluding hydrogens is 387 g/mol. The van der Waals surface area contributed by atoms with Gasteiger partial charge in [0.15, 0.2) is 4.77 Å². The Kier molecular flexibility index (Phi) is 5.26. The lowest BCUT2D eigenvalue weighted by Gasteiger charge is -2.15. The molecule has 138 valence electrons. The predicted octanol–water partition coefficient (Wildman–Crippen LogP) is 4.24. The van der Waals surface area contributed by atoms with Crippen molar-refractivity contribution in [3.8, 4) is 10.6 Å². The summed E-state index contributed by atoms with van der Waals surface area (Å²) in [5, 5.41) is 1.24. The summed E-state index contributed by atoms with van der Waals surface area (Å²) in [6.45, 7) is 0.678. The monoisotopic (exact) mass is 401 g/mol. The van der Waals surface area contributed by atoms with Gasteiger partial charge in [0.05, 0.1) is 21.5 Å². The first-order valence-electron chi connectivity index (χ1n) is 7.61. The molecule has 0 saturated heterocycles. The number of alkyl halides is 3. The van der Waals surface area contributed by atoms with Crippen molar-refractivity contribution >= 4 is 34.6 Å². The van der Waals surface area contributed by atoms with Crippen LogP contribution in [-0.4, -0.2) is 28.3 Å². The van der Waals surface area contributed by atoms with Crippen molar-refractivity contribution in [3.05, 3.63) is 44.3 Å². The Morgan fingerprint density at radius 1 is 1.42 bits per heavy atom. The first kappa shape index (κ1) is 18.7. The van der Waals surface area contributed by atoms with Gasteiger partial charge in [-0.05, 0) is 36.2 Å². The zero-order valence-corrected chi connectivity index (χ0v) is 15.2. The van der Waals surface area contributed by atoms with Gasteiger partial charge in [-0.3, -0.25) is 9.78 Å². The van der Waals surface area contributed by atoms with Crippen molar-refractivity contribution in [2.45, 2.75) is 19.1 Å². The summed E-state index contributed by atoms with van der Waals surface area (Å²) in [4.78, 5) is 19.5. The van der Waals surface area contributed by atoms with E-state index in [0.717, 1.165) is 6.07 Å². The van der Waals surface area contributed by atoms with E-state index < -0.39 is 22.7 Å². The molecule has 10 heteroatoms. The second kappa shape index (κ2) is 7.29. The number of aryl methyl sites for hydroxylation is 1. The fourth-order valence-electron chi connectivity index (χ4n) is 2.62. The Hall–Kier alpha value is -2.04. The standard InChI is InChI=1S/C16H14F3N3O2S2/c1-24-6-3-5-22-13-12(14(23)21-15(22)25)9(16(17,18)19)8-10(20-13)11-4-2-7-26-11/h2,4,7-8H,3,5-6H2,1H3,(H,21,23,25). The first-order valence-corrected chi connectivity index (χ1v) is 8.89. The van der Waals surface area contributed by atoms with Gasteiger partial charge in [-0.2, -0.15) is 13.2 Å². The van der Waals surface area contributed by atoms with E-state index in [9.17, 15) is 18.0 Å². The first-order chi connectivity index (χ1) is 12.3. The zero-order valence-electron chi connectivity index (χ0n) is 13.6. The average molecular weight is 401 g/mol. The highest BCUT2D eigenvalue weighted by molar-refractivity contribution is 7.71. The number of halogens is 3. The van der Waals surface area contributed by atoms with Crippen LogP contribution in [0.3, 0.4) is 0 Å².